The van der Waals surface area contributed by atoms with Gasteiger partial charge in [-0.2, -0.15) is 0 Å². The minimum Gasteiger partial charge on any atom is -0.313 e. The first-order chi connectivity index (χ1) is 8.86. The zero-order valence-corrected chi connectivity index (χ0v) is 10.5. The quantitative estimate of drug-likeness (QED) is 0.758. The molecule has 2 aliphatic rings. The summed E-state index contributed by atoms with van der Waals surface area (Å²) in [5.41, 5.74) is 2.39. The van der Waals surface area contributed by atoms with E-state index < -0.39 is 0 Å². The van der Waals surface area contributed by atoms with Crippen molar-refractivity contribution in [3.8, 4) is 0 Å². The summed E-state index contributed by atoms with van der Waals surface area (Å²) in [6.45, 7) is 3.39. The number of piperazine rings is 1. The molecule has 1 atom stereocenters. The molecule has 0 bridgehead atoms. The largest absolute Gasteiger partial charge is 0.313 e. The van der Waals surface area contributed by atoms with Crippen LogP contribution in [0.5, 0.6) is 0 Å². The van der Waals surface area contributed by atoms with Crippen molar-refractivity contribution in [2.75, 3.05) is 31.1 Å². The highest BCUT2D eigenvalue weighted by molar-refractivity contribution is 5.98. The minimum absolute atomic E-state index is 0.0788. The fourth-order valence-electron chi connectivity index (χ4n) is 2.78. The second kappa shape index (κ2) is 5.08. The Morgan fingerprint density at radius 3 is 3.00 bits per heavy atom. The summed E-state index contributed by atoms with van der Waals surface area (Å²) in [6, 6.07) is 8.17. The summed E-state index contributed by atoms with van der Waals surface area (Å²) in [4.78, 5) is 14.5. The zero-order valence-electron chi connectivity index (χ0n) is 10.5. The van der Waals surface area contributed by atoms with Crippen LogP contribution in [0, 0.1) is 0 Å². The lowest BCUT2D eigenvalue weighted by Crippen LogP contribution is -2.57. The fraction of sp³-hybridized carbons (Fsp3) is 0.500. The lowest BCUT2D eigenvalue weighted by atomic mass is 10.0. The van der Waals surface area contributed by atoms with E-state index in [9.17, 15) is 4.79 Å². The number of anilines is 1. The summed E-state index contributed by atoms with van der Waals surface area (Å²) in [7, 11) is 0. The minimum atomic E-state index is -0.0788. The highest BCUT2D eigenvalue weighted by Gasteiger charge is 2.29. The Kier molecular flexibility index (Phi) is 3.30. The van der Waals surface area contributed by atoms with E-state index in [2.05, 4.69) is 22.8 Å². The molecule has 1 unspecified atom stereocenters. The van der Waals surface area contributed by atoms with E-state index in [1.54, 1.807) is 0 Å². The van der Waals surface area contributed by atoms with Crippen LogP contribution in [0.4, 0.5) is 5.69 Å². The maximum absolute atomic E-state index is 12.5. The van der Waals surface area contributed by atoms with Crippen molar-refractivity contribution in [2.45, 2.75) is 18.9 Å². The number of carbonyl (C=O) groups excluding carboxylic acids is 1. The molecular weight excluding hydrogens is 226 g/mol. The number of para-hydroxylation sites is 1. The molecule has 2 heterocycles. The summed E-state index contributed by atoms with van der Waals surface area (Å²) in [5.74, 6) is 0.203. The third kappa shape index (κ3) is 2.13. The highest BCUT2D eigenvalue weighted by atomic mass is 16.2. The van der Waals surface area contributed by atoms with E-state index in [1.807, 2.05) is 17.0 Å². The topological polar surface area (TPSA) is 44.4 Å². The van der Waals surface area contributed by atoms with Crippen molar-refractivity contribution >= 4 is 11.6 Å². The first-order valence-electron chi connectivity index (χ1n) is 6.69. The number of rotatable bonds is 1. The second-order valence-corrected chi connectivity index (χ2v) is 4.93. The van der Waals surface area contributed by atoms with Crippen molar-refractivity contribution in [2.24, 2.45) is 0 Å². The van der Waals surface area contributed by atoms with E-state index in [-0.39, 0.29) is 11.9 Å². The molecule has 0 saturated carbocycles. The van der Waals surface area contributed by atoms with Crippen LogP contribution in [0.25, 0.3) is 0 Å². The SMILES string of the molecule is O=C(C1CNCCN1)N1CCCc2ccccc21. The maximum atomic E-state index is 12.5. The molecule has 4 heteroatoms. The van der Waals surface area contributed by atoms with Crippen molar-refractivity contribution < 1.29 is 4.79 Å². The standard InChI is InChI=1S/C14H19N3O/c18-14(12-10-15-7-8-16-12)17-9-3-5-11-4-1-2-6-13(11)17/h1-2,4,6,12,15-16H,3,5,7-10H2. The molecule has 0 radical (unpaired) electrons. The molecule has 2 aliphatic heterocycles. The van der Waals surface area contributed by atoms with Crippen LogP contribution >= 0.6 is 0 Å². The molecule has 0 aromatic heterocycles. The number of aryl methyl sites for hydroxylation is 1. The van der Waals surface area contributed by atoms with Gasteiger partial charge in [0.1, 0.15) is 0 Å². The lowest BCUT2D eigenvalue weighted by Gasteiger charge is -2.34. The number of benzene rings is 1. The molecule has 2 N–H and O–H groups in total. The molecule has 1 aromatic rings. The second-order valence-electron chi connectivity index (χ2n) is 4.93. The van der Waals surface area contributed by atoms with Crippen molar-refractivity contribution in [3.63, 3.8) is 0 Å². The van der Waals surface area contributed by atoms with E-state index >= 15 is 0 Å². The third-order valence-electron chi connectivity index (χ3n) is 3.72. The number of nitrogens with one attached hydrogen (secondary N) is 2. The lowest BCUT2D eigenvalue weighted by molar-refractivity contribution is -0.120. The predicted molar refractivity (Wildman–Crippen MR) is 71.8 cm³/mol. The van der Waals surface area contributed by atoms with Gasteiger partial charge in [0.2, 0.25) is 5.91 Å². The predicted octanol–water partition coefficient (Wildman–Crippen LogP) is 0.527. The van der Waals surface area contributed by atoms with Crippen LogP contribution in [0.15, 0.2) is 24.3 Å². The molecule has 1 aromatic carbocycles. The van der Waals surface area contributed by atoms with Crippen LogP contribution in [0.3, 0.4) is 0 Å². The van der Waals surface area contributed by atoms with Gasteiger partial charge in [-0.25, -0.2) is 0 Å². The Morgan fingerprint density at radius 2 is 2.17 bits per heavy atom. The number of hydrogen-bond acceptors (Lipinski definition) is 3. The van der Waals surface area contributed by atoms with Gasteiger partial charge < -0.3 is 15.5 Å². The maximum Gasteiger partial charge on any atom is 0.245 e. The van der Waals surface area contributed by atoms with Crippen LogP contribution < -0.4 is 15.5 Å². The first-order valence-corrected chi connectivity index (χ1v) is 6.69. The summed E-state index contributed by atoms with van der Waals surface area (Å²) in [5, 5.41) is 6.56. The summed E-state index contributed by atoms with van der Waals surface area (Å²) in [6.07, 6.45) is 2.14. The zero-order chi connectivity index (χ0) is 12.4. The normalized spacial score (nSPS) is 23.6. The molecule has 1 saturated heterocycles. The van der Waals surface area contributed by atoms with E-state index in [0.29, 0.717) is 0 Å². The Labute approximate surface area is 107 Å². The number of amides is 1. The molecule has 4 nitrogen and oxygen atoms in total. The van der Waals surface area contributed by atoms with Gasteiger partial charge in [-0.15, -0.1) is 0 Å². The van der Waals surface area contributed by atoms with Gasteiger partial charge in [0, 0.05) is 31.9 Å². The van der Waals surface area contributed by atoms with Crippen LogP contribution in [0.1, 0.15) is 12.0 Å². The summed E-state index contributed by atoms with van der Waals surface area (Å²) >= 11 is 0. The van der Waals surface area contributed by atoms with Gasteiger partial charge in [-0.3, -0.25) is 4.79 Å². The molecule has 3 rings (SSSR count). The number of hydrogen-bond donors (Lipinski definition) is 2. The molecule has 0 spiro atoms. The summed E-state index contributed by atoms with van der Waals surface area (Å²) < 4.78 is 0. The Bertz CT molecular complexity index is 440. The first kappa shape index (κ1) is 11.7. The Morgan fingerprint density at radius 1 is 1.28 bits per heavy atom. The van der Waals surface area contributed by atoms with Crippen molar-refractivity contribution in [3.05, 3.63) is 29.8 Å². The van der Waals surface area contributed by atoms with Crippen molar-refractivity contribution in [1.29, 1.82) is 0 Å². The van der Waals surface area contributed by atoms with Crippen molar-refractivity contribution in [1.82, 2.24) is 10.6 Å². The average molecular weight is 245 g/mol. The number of nitrogens with zero attached hydrogens (tertiary/aromatic N) is 1. The van der Waals surface area contributed by atoms with Crippen LogP contribution in [-0.2, 0) is 11.2 Å². The smallest absolute Gasteiger partial charge is 0.245 e. The van der Waals surface area contributed by atoms with Crippen LogP contribution in [0.2, 0.25) is 0 Å². The molecule has 18 heavy (non-hydrogen) atoms. The number of carbonyl (C=O) groups is 1. The van der Waals surface area contributed by atoms with Gasteiger partial charge >= 0.3 is 0 Å². The van der Waals surface area contributed by atoms with Gasteiger partial charge in [-0.05, 0) is 24.5 Å². The Balaban J connectivity index is 1.82. The van der Waals surface area contributed by atoms with E-state index in [1.165, 1.54) is 5.56 Å². The van der Waals surface area contributed by atoms with Gasteiger partial charge in [0.05, 0.1) is 6.04 Å². The monoisotopic (exact) mass is 245 g/mol. The van der Waals surface area contributed by atoms with Gasteiger partial charge in [0.15, 0.2) is 0 Å². The van der Waals surface area contributed by atoms with Crippen LogP contribution in [-0.4, -0.2) is 38.1 Å². The van der Waals surface area contributed by atoms with Gasteiger partial charge in [-0.1, -0.05) is 18.2 Å². The molecule has 96 valence electrons. The Hall–Kier alpha value is -1.39. The molecule has 0 aliphatic carbocycles. The van der Waals surface area contributed by atoms with Gasteiger partial charge in [0.25, 0.3) is 0 Å². The molecular formula is C14H19N3O. The third-order valence-corrected chi connectivity index (χ3v) is 3.72. The molecule has 1 fully saturated rings. The fourth-order valence-corrected chi connectivity index (χ4v) is 2.78. The van der Waals surface area contributed by atoms with E-state index in [0.717, 1.165) is 44.7 Å². The molecule has 1 amide bonds. The average Bonchev–Trinajstić information content (AvgIpc) is 2.47. The van der Waals surface area contributed by atoms with E-state index in [4.69, 9.17) is 0 Å². The number of fused-ring (bicyclic) bond motifs is 1. The highest BCUT2D eigenvalue weighted by Crippen LogP contribution is 2.27.